The van der Waals surface area contributed by atoms with Crippen LogP contribution < -0.4 is 10.2 Å². The van der Waals surface area contributed by atoms with Gasteiger partial charge in [-0.3, -0.25) is 29.0 Å². The maximum atomic E-state index is 13.7. The molecule has 0 aromatic carbocycles. The molecule has 13 nitrogen and oxygen atoms in total. The molecule has 1 aromatic rings. The van der Waals surface area contributed by atoms with E-state index in [-0.39, 0.29) is 37.8 Å². The number of esters is 1. The molecule has 2 N–H and O–H groups in total. The molecule has 2 aliphatic heterocycles. The van der Waals surface area contributed by atoms with E-state index in [1.54, 1.807) is 17.3 Å². The molecule has 3 amide bonds. The van der Waals surface area contributed by atoms with E-state index in [9.17, 15) is 24.0 Å². The zero-order valence-corrected chi connectivity index (χ0v) is 23.1. The van der Waals surface area contributed by atoms with Crippen LogP contribution in [-0.4, -0.2) is 126 Å². The molecule has 2 fully saturated rings. The van der Waals surface area contributed by atoms with Gasteiger partial charge in [0.1, 0.15) is 12.6 Å². The Labute approximate surface area is 233 Å². The maximum Gasteiger partial charge on any atom is 0.323 e. The van der Waals surface area contributed by atoms with E-state index in [0.29, 0.717) is 32.7 Å². The Hall–Kier alpha value is -3.45. The summed E-state index contributed by atoms with van der Waals surface area (Å²) in [4.78, 5) is 73.5. The zero-order chi connectivity index (χ0) is 27.7. The lowest BCUT2D eigenvalue weighted by atomic mass is 10.0. The number of anilines is 1. The van der Waals surface area contributed by atoms with Crippen LogP contribution in [0.3, 0.4) is 0 Å². The van der Waals surface area contributed by atoms with Crippen molar-refractivity contribution in [3.8, 4) is 0 Å². The number of piperazine rings is 2. The van der Waals surface area contributed by atoms with Gasteiger partial charge in [-0.15, -0.1) is 12.4 Å². The second kappa shape index (κ2) is 15.2. The van der Waals surface area contributed by atoms with E-state index in [2.05, 4.69) is 15.2 Å². The minimum Gasteiger partial charge on any atom is -0.480 e. The Kier molecular flexibility index (Phi) is 12.4. The number of nitrogens with zero attached hydrogens (tertiary/aromatic N) is 5. The number of methoxy groups -OCH3 is 1. The van der Waals surface area contributed by atoms with Crippen molar-refractivity contribution in [2.75, 3.05) is 64.4 Å². The maximum absolute atomic E-state index is 13.7. The number of pyridine rings is 1. The van der Waals surface area contributed by atoms with Crippen molar-refractivity contribution < 1.29 is 33.8 Å². The predicted octanol–water partition coefficient (Wildman–Crippen LogP) is -0.403. The number of rotatable bonds is 11. The fraction of sp³-hybridized carbons (Fsp3) is 0.600. The normalized spacial score (nSPS) is 18.3. The average Bonchev–Trinajstić information content (AvgIpc) is 2.93. The highest BCUT2D eigenvalue weighted by atomic mass is 35.5. The number of aliphatic carboxylic acids is 1. The Morgan fingerprint density at radius 2 is 1.77 bits per heavy atom. The first-order chi connectivity index (χ1) is 18.2. The van der Waals surface area contributed by atoms with Gasteiger partial charge in [0.05, 0.1) is 26.0 Å². The summed E-state index contributed by atoms with van der Waals surface area (Å²) < 4.78 is 4.71. The topological polar surface area (TPSA) is 153 Å². The lowest BCUT2D eigenvalue weighted by Crippen LogP contribution is -2.63. The number of nitrogens with one attached hydrogen (secondary N) is 1. The van der Waals surface area contributed by atoms with Gasteiger partial charge in [0.25, 0.3) is 0 Å². The number of carbonyl (C=O) groups is 5. The summed E-state index contributed by atoms with van der Waals surface area (Å²) in [5.41, 5.74) is 1.04. The number of ether oxygens (including phenoxy) is 1. The minimum absolute atomic E-state index is 0. The third-order valence-corrected chi connectivity index (χ3v) is 6.76. The number of hydrogen-bond donors (Lipinski definition) is 2. The molecular formula is C25H37ClN6O7. The summed E-state index contributed by atoms with van der Waals surface area (Å²) >= 11 is 0. The molecule has 39 heavy (non-hydrogen) atoms. The van der Waals surface area contributed by atoms with Crippen molar-refractivity contribution in [2.45, 2.75) is 38.3 Å². The van der Waals surface area contributed by atoms with E-state index in [0.717, 1.165) is 17.0 Å². The Balaban J connectivity index is 0.00000533. The summed E-state index contributed by atoms with van der Waals surface area (Å²) in [6, 6.07) is 1.75. The molecule has 2 atom stereocenters. The first kappa shape index (κ1) is 31.8. The number of carboxylic acid groups (broad SMARTS) is 1. The van der Waals surface area contributed by atoms with Crippen molar-refractivity contribution in [2.24, 2.45) is 0 Å². The van der Waals surface area contributed by atoms with Gasteiger partial charge in [-0.25, -0.2) is 0 Å². The summed E-state index contributed by atoms with van der Waals surface area (Å²) in [6.45, 7) is 4.26. The average molecular weight is 569 g/mol. The van der Waals surface area contributed by atoms with Crippen LogP contribution in [0.5, 0.6) is 0 Å². The standard InChI is InChI=1S/C25H36N6O7.ClH/c1-3-6-27-19(15-21(32)29-11-9-28(10-12-29)18-4-7-26-8-5-18)24(36)31-14-13-30(17-22(33)34)25(37)20(31)16-23(35)38-2;/h4-5,7-8,19-20,27H,3,6,9-17H2,1-2H3,(H,33,34);1H/t19-,20+;/m1./s1. The van der Waals surface area contributed by atoms with Gasteiger partial charge in [0.2, 0.25) is 17.7 Å². The highest BCUT2D eigenvalue weighted by molar-refractivity contribution is 5.96. The van der Waals surface area contributed by atoms with Crippen LogP contribution in [0.15, 0.2) is 24.5 Å². The minimum atomic E-state index is -1.20. The van der Waals surface area contributed by atoms with Crippen molar-refractivity contribution >= 4 is 47.8 Å². The quantitative estimate of drug-likeness (QED) is 0.337. The van der Waals surface area contributed by atoms with Crippen LogP contribution >= 0.6 is 12.4 Å². The molecule has 216 valence electrons. The van der Waals surface area contributed by atoms with Crippen molar-refractivity contribution in [1.29, 1.82) is 0 Å². The number of aromatic nitrogens is 1. The molecule has 0 unspecified atom stereocenters. The van der Waals surface area contributed by atoms with Crippen molar-refractivity contribution in [1.82, 2.24) is 25.0 Å². The highest BCUT2D eigenvalue weighted by Crippen LogP contribution is 2.19. The van der Waals surface area contributed by atoms with Gasteiger partial charge >= 0.3 is 11.9 Å². The van der Waals surface area contributed by atoms with Crippen LogP contribution in [0.4, 0.5) is 5.69 Å². The molecule has 3 rings (SSSR count). The molecule has 0 radical (unpaired) electrons. The molecule has 14 heteroatoms. The third kappa shape index (κ3) is 8.52. The monoisotopic (exact) mass is 568 g/mol. The van der Waals surface area contributed by atoms with E-state index in [4.69, 9.17) is 9.84 Å². The molecule has 0 bridgehead atoms. The van der Waals surface area contributed by atoms with Gasteiger partial charge in [-0.2, -0.15) is 0 Å². The second-order valence-electron chi connectivity index (χ2n) is 9.27. The number of carbonyl (C=O) groups excluding carboxylic acids is 4. The van der Waals surface area contributed by atoms with Gasteiger partial charge in [0, 0.05) is 57.3 Å². The van der Waals surface area contributed by atoms with Gasteiger partial charge in [-0.05, 0) is 25.1 Å². The highest BCUT2D eigenvalue weighted by Gasteiger charge is 2.42. The van der Waals surface area contributed by atoms with Gasteiger partial charge < -0.3 is 34.8 Å². The van der Waals surface area contributed by atoms with E-state index in [1.165, 1.54) is 12.0 Å². The molecule has 2 aliphatic rings. The second-order valence-corrected chi connectivity index (χ2v) is 9.27. The molecule has 1 aromatic heterocycles. The molecule has 0 saturated carbocycles. The summed E-state index contributed by atoms with van der Waals surface area (Å²) in [5, 5.41) is 12.3. The first-order valence-corrected chi connectivity index (χ1v) is 12.8. The first-order valence-electron chi connectivity index (χ1n) is 12.8. The van der Waals surface area contributed by atoms with Crippen LogP contribution in [0, 0.1) is 0 Å². The molecule has 0 aliphatic carbocycles. The molecule has 0 spiro atoms. The smallest absolute Gasteiger partial charge is 0.323 e. The fourth-order valence-corrected chi connectivity index (χ4v) is 4.70. The van der Waals surface area contributed by atoms with Crippen molar-refractivity contribution in [3.05, 3.63) is 24.5 Å². The van der Waals surface area contributed by atoms with E-state index < -0.39 is 48.8 Å². The third-order valence-electron chi connectivity index (χ3n) is 6.76. The molecule has 3 heterocycles. The summed E-state index contributed by atoms with van der Waals surface area (Å²) in [7, 11) is 1.18. The largest absolute Gasteiger partial charge is 0.480 e. The number of carboxylic acids is 1. The van der Waals surface area contributed by atoms with E-state index in [1.807, 2.05) is 19.1 Å². The number of halogens is 1. The number of amides is 3. The predicted molar refractivity (Wildman–Crippen MR) is 143 cm³/mol. The summed E-state index contributed by atoms with van der Waals surface area (Å²) in [5.74, 6) is -3.17. The SMILES string of the molecule is CCCN[C@H](CC(=O)N1CCN(c2ccncc2)CC1)C(=O)N1CCN(CC(=O)O)C(=O)[C@@H]1CC(=O)OC.Cl. The number of hydrogen-bond acceptors (Lipinski definition) is 9. The van der Waals surface area contributed by atoms with Gasteiger partial charge in [-0.1, -0.05) is 6.92 Å². The Bertz CT molecular complexity index is 1010. The lowest BCUT2D eigenvalue weighted by molar-refractivity contribution is -0.160. The zero-order valence-electron chi connectivity index (χ0n) is 22.3. The van der Waals surface area contributed by atoms with E-state index >= 15 is 0 Å². The van der Waals surface area contributed by atoms with Gasteiger partial charge in [0.15, 0.2) is 0 Å². The summed E-state index contributed by atoms with van der Waals surface area (Å²) in [6.07, 6.45) is 3.68. The Morgan fingerprint density at radius 1 is 1.10 bits per heavy atom. The van der Waals surface area contributed by atoms with Crippen LogP contribution in [-0.2, 0) is 28.7 Å². The molecular weight excluding hydrogens is 532 g/mol. The van der Waals surface area contributed by atoms with Crippen molar-refractivity contribution in [3.63, 3.8) is 0 Å². The molecule has 2 saturated heterocycles. The van der Waals surface area contributed by atoms with Crippen LogP contribution in [0.2, 0.25) is 0 Å². The lowest BCUT2D eigenvalue weighted by Gasteiger charge is -2.41. The Morgan fingerprint density at radius 3 is 2.36 bits per heavy atom. The van der Waals surface area contributed by atoms with Crippen LogP contribution in [0.25, 0.3) is 0 Å². The fourth-order valence-electron chi connectivity index (χ4n) is 4.70. The van der Waals surface area contributed by atoms with Crippen LogP contribution in [0.1, 0.15) is 26.2 Å².